The van der Waals surface area contributed by atoms with Crippen LogP contribution in [-0.4, -0.2) is 19.9 Å². The van der Waals surface area contributed by atoms with Crippen molar-refractivity contribution in [2.45, 2.75) is 0 Å². The van der Waals surface area contributed by atoms with E-state index < -0.39 is 0 Å². The van der Waals surface area contributed by atoms with E-state index >= 15 is 0 Å². The zero-order valence-corrected chi connectivity index (χ0v) is 13.6. The number of pyridine rings is 1. The Balaban J connectivity index is 2.00. The Morgan fingerprint density at radius 2 is 1.65 bits per heavy atom. The Labute approximate surface area is 148 Å². The van der Waals surface area contributed by atoms with Gasteiger partial charge in [0.25, 0.3) is 0 Å². The normalized spacial score (nSPS) is 10.8. The second-order valence-corrected chi connectivity index (χ2v) is 5.76. The fourth-order valence-corrected chi connectivity index (χ4v) is 2.85. The van der Waals surface area contributed by atoms with Gasteiger partial charge in [-0.3, -0.25) is 4.79 Å². The molecule has 0 saturated heterocycles. The van der Waals surface area contributed by atoms with Crippen LogP contribution in [0, 0.1) is 5.82 Å². The first-order chi connectivity index (χ1) is 12.6. The summed E-state index contributed by atoms with van der Waals surface area (Å²) in [6.45, 7) is 0. The first-order valence-corrected chi connectivity index (χ1v) is 7.96. The van der Waals surface area contributed by atoms with Crippen LogP contribution in [0.25, 0.3) is 33.9 Å². The maximum Gasteiger partial charge on any atom is 0.248 e. The Morgan fingerprint density at radius 1 is 0.923 bits per heavy atom. The first kappa shape index (κ1) is 15.8. The first-order valence-electron chi connectivity index (χ1n) is 7.96. The molecule has 128 valence electrons. The maximum atomic E-state index is 13.3. The molecule has 0 aliphatic rings. The summed E-state index contributed by atoms with van der Waals surface area (Å²) < 4.78 is 14.3. The van der Waals surface area contributed by atoms with Crippen LogP contribution in [0.1, 0.15) is 0 Å². The van der Waals surface area contributed by atoms with Gasteiger partial charge in [-0.1, -0.05) is 30.3 Å². The maximum absolute atomic E-state index is 13.3. The van der Waals surface area contributed by atoms with Crippen molar-refractivity contribution in [2.75, 3.05) is 0 Å². The van der Waals surface area contributed by atoms with Crippen LogP contribution in [0.15, 0.2) is 77.7 Å². The van der Waals surface area contributed by atoms with Crippen molar-refractivity contribution in [1.82, 2.24) is 14.7 Å². The number of hydrogen-bond donors (Lipinski definition) is 2. The Morgan fingerprint density at radius 3 is 2.35 bits per heavy atom. The number of aromatic amines is 1. The minimum atomic E-state index is -0.363. The molecule has 5 nitrogen and oxygen atoms in total. The van der Waals surface area contributed by atoms with Gasteiger partial charge in [-0.25, -0.2) is 9.37 Å². The van der Waals surface area contributed by atoms with Gasteiger partial charge in [0.2, 0.25) is 5.56 Å². The Bertz CT molecular complexity index is 1120. The summed E-state index contributed by atoms with van der Waals surface area (Å²) in [5.41, 5.74) is 2.37. The van der Waals surface area contributed by atoms with Gasteiger partial charge in [-0.05, 0) is 30.3 Å². The third-order valence-electron chi connectivity index (χ3n) is 4.05. The largest absolute Gasteiger partial charge is 0.426 e. The van der Waals surface area contributed by atoms with Crippen molar-refractivity contribution in [3.8, 4) is 33.9 Å². The average Bonchev–Trinajstić information content (AvgIpc) is 3.00. The van der Waals surface area contributed by atoms with E-state index in [0.717, 1.165) is 10.3 Å². The molecule has 0 aliphatic carbocycles. The van der Waals surface area contributed by atoms with E-state index in [-0.39, 0.29) is 11.4 Å². The molecule has 26 heavy (non-hydrogen) atoms. The standard InChI is InChI=1S/C20H14FN3O2/c21-16-8-6-13(7-9-16)18-19(15-10-11-22-17(25)12-15)24(26)20(23-18)14-4-2-1-3-5-14/h1-12,26H,(H,22,25). The van der Waals surface area contributed by atoms with Gasteiger partial charge in [-0.2, -0.15) is 4.73 Å². The molecule has 2 aromatic heterocycles. The molecule has 0 amide bonds. The van der Waals surface area contributed by atoms with Crippen LogP contribution >= 0.6 is 0 Å². The third kappa shape index (κ3) is 2.77. The highest BCUT2D eigenvalue weighted by Gasteiger charge is 2.21. The number of hydrogen-bond acceptors (Lipinski definition) is 3. The van der Waals surface area contributed by atoms with Crippen LogP contribution in [0.2, 0.25) is 0 Å². The second-order valence-electron chi connectivity index (χ2n) is 5.76. The molecule has 2 heterocycles. The highest BCUT2D eigenvalue weighted by atomic mass is 19.1. The van der Waals surface area contributed by atoms with E-state index in [1.807, 2.05) is 30.3 Å². The summed E-state index contributed by atoms with van der Waals surface area (Å²) >= 11 is 0. The van der Waals surface area contributed by atoms with Gasteiger partial charge >= 0.3 is 0 Å². The minimum Gasteiger partial charge on any atom is -0.426 e. The second kappa shape index (κ2) is 6.33. The quantitative estimate of drug-likeness (QED) is 0.551. The summed E-state index contributed by atoms with van der Waals surface area (Å²) in [5, 5.41) is 10.8. The summed E-state index contributed by atoms with van der Waals surface area (Å²) in [6, 6.07) is 18.1. The number of nitrogens with one attached hydrogen (secondary N) is 1. The lowest BCUT2D eigenvalue weighted by atomic mass is 10.1. The number of aromatic nitrogens is 3. The number of halogens is 1. The lowest BCUT2D eigenvalue weighted by Crippen LogP contribution is -2.04. The molecule has 0 radical (unpaired) electrons. The van der Waals surface area contributed by atoms with Gasteiger partial charge in [0.15, 0.2) is 5.82 Å². The van der Waals surface area contributed by atoms with Crippen LogP contribution in [0.3, 0.4) is 0 Å². The van der Waals surface area contributed by atoms with Crippen LogP contribution < -0.4 is 5.56 Å². The molecule has 0 atom stereocenters. The topological polar surface area (TPSA) is 70.9 Å². The molecule has 2 aromatic carbocycles. The average molecular weight is 347 g/mol. The van der Waals surface area contributed by atoms with E-state index in [2.05, 4.69) is 9.97 Å². The molecule has 0 spiro atoms. The van der Waals surface area contributed by atoms with Gasteiger partial charge < -0.3 is 10.2 Å². The zero-order valence-electron chi connectivity index (χ0n) is 13.6. The molecule has 0 unspecified atom stereocenters. The van der Waals surface area contributed by atoms with Crippen LogP contribution in [0.5, 0.6) is 0 Å². The van der Waals surface area contributed by atoms with Crippen molar-refractivity contribution in [3.63, 3.8) is 0 Å². The molecule has 4 aromatic rings. The smallest absolute Gasteiger partial charge is 0.248 e. The predicted octanol–water partition coefficient (Wildman–Crippen LogP) is 3.95. The Kier molecular flexibility index (Phi) is 3.85. The van der Waals surface area contributed by atoms with Gasteiger partial charge in [0.05, 0.1) is 0 Å². The predicted molar refractivity (Wildman–Crippen MR) is 96.3 cm³/mol. The van der Waals surface area contributed by atoms with Gasteiger partial charge in [0.1, 0.15) is 17.2 Å². The summed E-state index contributed by atoms with van der Waals surface area (Å²) in [6.07, 6.45) is 1.50. The van der Waals surface area contributed by atoms with Crippen LogP contribution in [0.4, 0.5) is 4.39 Å². The number of rotatable bonds is 3. The van der Waals surface area contributed by atoms with E-state index in [1.54, 1.807) is 18.2 Å². The molecule has 0 aliphatic heterocycles. The van der Waals surface area contributed by atoms with E-state index in [4.69, 9.17) is 0 Å². The molecule has 6 heteroatoms. The monoisotopic (exact) mass is 347 g/mol. The van der Waals surface area contributed by atoms with E-state index in [9.17, 15) is 14.4 Å². The fourth-order valence-electron chi connectivity index (χ4n) is 2.85. The molecule has 0 saturated carbocycles. The lowest BCUT2D eigenvalue weighted by Gasteiger charge is -2.06. The van der Waals surface area contributed by atoms with E-state index in [1.165, 1.54) is 24.4 Å². The van der Waals surface area contributed by atoms with Crippen molar-refractivity contribution in [3.05, 3.63) is 89.1 Å². The van der Waals surface area contributed by atoms with E-state index in [0.29, 0.717) is 28.3 Å². The highest BCUT2D eigenvalue weighted by Crippen LogP contribution is 2.34. The highest BCUT2D eigenvalue weighted by molar-refractivity contribution is 5.81. The molecular formula is C20H14FN3O2. The summed E-state index contributed by atoms with van der Waals surface area (Å²) in [5.74, 6) is -0.0293. The van der Waals surface area contributed by atoms with Crippen molar-refractivity contribution >= 4 is 0 Å². The molecular weight excluding hydrogens is 333 g/mol. The third-order valence-corrected chi connectivity index (χ3v) is 4.05. The Hall–Kier alpha value is -3.67. The number of nitrogens with zero attached hydrogens (tertiary/aromatic N) is 2. The lowest BCUT2D eigenvalue weighted by molar-refractivity contribution is 0.195. The number of benzene rings is 2. The van der Waals surface area contributed by atoms with Crippen molar-refractivity contribution < 1.29 is 9.60 Å². The van der Waals surface area contributed by atoms with Gasteiger partial charge in [-0.15, -0.1) is 0 Å². The SMILES string of the molecule is O=c1cc(-c2c(-c3ccc(F)cc3)nc(-c3ccccc3)n2O)cc[nH]1. The summed E-state index contributed by atoms with van der Waals surface area (Å²) in [7, 11) is 0. The molecule has 2 N–H and O–H groups in total. The van der Waals surface area contributed by atoms with Gasteiger partial charge in [0, 0.05) is 29.0 Å². The molecule has 0 fully saturated rings. The van der Waals surface area contributed by atoms with Crippen LogP contribution in [-0.2, 0) is 0 Å². The number of H-pyrrole nitrogens is 1. The number of imidazole rings is 1. The zero-order chi connectivity index (χ0) is 18.1. The van der Waals surface area contributed by atoms with Crippen molar-refractivity contribution in [2.24, 2.45) is 0 Å². The molecule has 4 rings (SSSR count). The fraction of sp³-hybridized carbons (Fsp3) is 0. The van der Waals surface area contributed by atoms with Crippen molar-refractivity contribution in [1.29, 1.82) is 0 Å². The minimum absolute atomic E-state index is 0.296. The molecule has 0 bridgehead atoms. The summed E-state index contributed by atoms with van der Waals surface area (Å²) in [4.78, 5) is 18.8.